The van der Waals surface area contributed by atoms with Crippen LogP contribution in [0.15, 0.2) is 36.7 Å². The average Bonchev–Trinajstić information content (AvgIpc) is 3.11. The Kier molecular flexibility index (Phi) is 4.53. The Morgan fingerprint density at radius 3 is 2.70 bits per heavy atom. The SMILES string of the molecule is Cc1cc(N2CCN(C)CC2)ccc1NC(=O)c1cc(F)cc2[nH]cnc12. The van der Waals surface area contributed by atoms with Gasteiger partial charge in [0.15, 0.2) is 0 Å². The number of amides is 1. The van der Waals surface area contributed by atoms with Gasteiger partial charge >= 0.3 is 0 Å². The predicted octanol–water partition coefficient (Wildman–Crippen LogP) is 3.01. The summed E-state index contributed by atoms with van der Waals surface area (Å²) >= 11 is 0. The fraction of sp³-hybridized carbons (Fsp3) is 0.300. The molecule has 4 rings (SSSR count). The molecule has 2 N–H and O–H groups in total. The highest BCUT2D eigenvalue weighted by Crippen LogP contribution is 2.25. The maximum atomic E-state index is 13.8. The van der Waals surface area contributed by atoms with Crippen molar-refractivity contribution in [2.75, 3.05) is 43.4 Å². The van der Waals surface area contributed by atoms with Crippen LogP contribution in [-0.4, -0.2) is 54.0 Å². The first-order valence-electron chi connectivity index (χ1n) is 8.99. The molecule has 0 radical (unpaired) electrons. The number of nitrogens with zero attached hydrogens (tertiary/aromatic N) is 3. The molecule has 3 aromatic rings. The number of H-pyrrole nitrogens is 1. The number of piperazine rings is 1. The van der Waals surface area contributed by atoms with Crippen LogP contribution in [0.1, 0.15) is 15.9 Å². The zero-order valence-corrected chi connectivity index (χ0v) is 15.4. The number of halogens is 1. The fourth-order valence-corrected chi connectivity index (χ4v) is 3.43. The topological polar surface area (TPSA) is 64.3 Å². The van der Waals surface area contributed by atoms with E-state index in [2.05, 4.69) is 38.2 Å². The molecule has 1 aliphatic rings. The van der Waals surface area contributed by atoms with E-state index in [1.165, 1.54) is 18.5 Å². The largest absolute Gasteiger partial charge is 0.369 e. The minimum Gasteiger partial charge on any atom is -0.369 e. The Labute approximate surface area is 157 Å². The Balaban J connectivity index is 1.55. The lowest BCUT2D eigenvalue weighted by Gasteiger charge is -2.34. The number of aromatic amines is 1. The summed E-state index contributed by atoms with van der Waals surface area (Å²) in [6.07, 6.45) is 1.46. The summed E-state index contributed by atoms with van der Waals surface area (Å²) in [6.45, 7) is 6.02. The molecule has 0 aliphatic carbocycles. The molecule has 0 spiro atoms. The molecule has 0 unspecified atom stereocenters. The quantitative estimate of drug-likeness (QED) is 0.747. The number of hydrogen-bond acceptors (Lipinski definition) is 4. The molecule has 1 aliphatic heterocycles. The molecule has 27 heavy (non-hydrogen) atoms. The molecule has 140 valence electrons. The van der Waals surface area contributed by atoms with Crippen molar-refractivity contribution in [3.8, 4) is 0 Å². The van der Waals surface area contributed by atoms with E-state index in [1.54, 1.807) is 0 Å². The minimum absolute atomic E-state index is 0.216. The van der Waals surface area contributed by atoms with Gasteiger partial charge in [0, 0.05) is 37.6 Å². The van der Waals surface area contributed by atoms with Crippen LogP contribution < -0.4 is 10.2 Å². The Hall–Kier alpha value is -2.93. The summed E-state index contributed by atoms with van der Waals surface area (Å²) in [4.78, 5) is 24.3. The van der Waals surface area contributed by atoms with Crippen LogP contribution in [0.5, 0.6) is 0 Å². The number of imidazole rings is 1. The second kappa shape index (κ2) is 7.00. The van der Waals surface area contributed by atoms with Gasteiger partial charge in [0.2, 0.25) is 0 Å². The average molecular weight is 367 g/mol. The number of benzene rings is 2. The summed E-state index contributed by atoms with van der Waals surface area (Å²) in [5.41, 5.74) is 4.01. The van der Waals surface area contributed by atoms with Gasteiger partial charge < -0.3 is 20.1 Å². The number of fused-ring (bicyclic) bond motifs is 1. The van der Waals surface area contributed by atoms with Crippen LogP contribution in [0.2, 0.25) is 0 Å². The molecule has 7 heteroatoms. The van der Waals surface area contributed by atoms with Crippen molar-refractivity contribution in [2.45, 2.75) is 6.92 Å². The zero-order valence-electron chi connectivity index (χ0n) is 15.4. The van der Waals surface area contributed by atoms with Gasteiger partial charge in [-0.25, -0.2) is 9.37 Å². The van der Waals surface area contributed by atoms with Crippen LogP contribution in [-0.2, 0) is 0 Å². The molecule has 0 bridgehead atoms. The third-order valence-corrected chi connectivity index (χ3v) is 5.06. The molecule has 2 heterocycles. The first-order valence-corrected chi connectivity index (χ1v) is 8.99. The Morgan fingerprint density at radius 1 is 1.19 bits per heavy atom. The number of aryl methyl sites for hydroxylation is 1. The number of carbonyl (C=O) groups excluding carboxylic acids is 1. The van der Waals surface area contributed by atoms with E-state index in [0.29, 0.717) is 16.7 Å². The maximum Gasteiger partial charge on any atom is 0.258 e. The molecule has 2 aromatic carbocycles. The van der Waals surface area contributed by atoms with E-state index in [9.17, 15) is 9.18 Å². The van der Waals surface area contributed by atoms with Crippen molar-refractivity contribution in [2.24, 2.45) is 0 Å². The number of likely N-dealkylation sites (N-methyl/N-ethyl adjacent to an activating group) is 1. The number of hydrogen-bond donors (Lipinski definition) is 2. The molecule has 6 nitrogen and oxygen atoms in total. The van der Waals surface area contributed by atoms with E-state index in [1.807, 2.05) is 19.1 Å². The van der Waals surface area contributed by atoms with Crippen LogP contribution in [0.3, 0.4) is 0 Å². The smallest absolute Gasteiger partial charge is 0.258 e. The lowest BCUT2D eigenvalue weighted by Crippen LogP contribution is -2.44. The van der Waals surface area contributed by atoms with Gasteiger partial charge in [-0.1, -0.05) is 0 Å². The van der Waals surface area contributed by atoms with Gasteiger partial charge in [0.25, 0.3) is 5.91 Å². The minimum atomic E-state index is -0.473. The van der Waals surface area contributed by atoms with Crippen LogP contribution in [0.25, 0.3) is 11.0 Å². The lowest BCUT2D eigenvalue weighted by molar-refractivity contribution is 0.102. The van der Waals surface area contributed by atoms with Crippen molar-refractivity contribution >= 4 is 28.3 Å². The van der Waals surface area contributed by atoms with E-state index in [-0.39, 0.29) is 11.5 Å². The highest BCUT2D eigenvalue weighted by molar-refractivity contribution is 6.11. The monoisotopic (exact) mass is 367 g/mol. The Bertz CT molecular complexity index is 991. The van der Waals surface area contributed by atoms with E-state index in [0.717, 1.165) is 37.4 Å². The molecule has 1 aromatic heterocycles. The number of rotatable bonds is 3. The summed E-state index contributed by atoms with van der Waals surface area (Å²) < 4.78 is 13.8. The van der Waals surface area contributed by atoms with Gasteiger partial charge in [-0.2, -0.15) is 0 Å². The second-order valence-electron chi connectivity index (χ2n) is 7.00. The summed E-state index contributed by atoms with van der Waals surface area (Å²) in [6, 6.07) is 8.55. The third kappa shape index (κ3) is 3.50. The number of aromatic nitrogens is 2. The molecule has 0 atom stereocenters. The van der Waals surface area contributed by atoms with E-state index in [4.69, 9.17) is 0 Å². The number of nitrogens with one attached hydrogen (secondary N) is 2. The van der Waals surface area contributed by atoms with Crippen molar-refractivity contribution in [3.05, 3.63) is 53.6 Å². The molecule has 1 fully saturated rings. The number of carbonyl (C=O) groups is 1. The van der Waals surface area contributed by atoms with Crippen molar-refractivity contribution in [1.29, 1.82) is 0 Å². The van der Waals surface area contributed by atoms with Crippen LogP contribution in [0, 0.1) is 12.7 Å². The van der Waals surface area contributed by atoms with Gasteiger partial charge in [-0.15, -0.1) is 0 Å². The fourth-order valence-electron chi connectivity index (χ4n) is 3.43. The summed E-state index contributed by atoms with van der Waals surface area (Å²) in [7, 11) is 2.13. The zero-order chi connectivity index (χ0) is 19.0. The van der Waals surface area contributed by atoms with E-state index >= 15 is 0 Å². The Morgan fingerprint density at radius 2 is 1.96 bits per heavy atom. The van der Waals surface area contributed by atoms with Crippen LogP contribution >= 0.6 is 0 Å². The first-order chi connectivity index (χ1) is 13.0. The number of anilines is 2. The van der Waals surface area contributed by atoms with Crippen LogP contribution in [0.4, 0.5) is 15.8 Å². The predicted molar refractivity (Wildman–Crippen MR) is 105 cm³/mol. The second-order valence-corrected chi connectivity index (χ2v) is 7.00. The first kappa shape index (κ1) is 17.5. The molecule has 0 saturated carbocycles. The highest BCUT2D eigenvalue weighted by Gasteiger charge is 2.17. The molecule has 1 saturated heterocycles. The van der Waals surface area contributed by atoms with Gasteiger partial charge in [0.05, 0.1) is 17.4 Å². The lowest BCUT2D eigenvalue weighted by atomic mass is 10.1. The van der Waals surface area contributed by atoms with Crippen molar-refractivity contribution in [3.63, 3.8) is 0 Å². The van der Waals surface area contributed by atoms with E-state index < -0.39 is 5.82 Å². The van der Waals surface area contributed by atoms with Gasteiger partial charge in [-0.3, -0.25) is 4.79 Å². The standard InChI is InChI=1S/C20H22FN5O/c1-13-9-15(26-7-5-25(2)6-8-26)3-4-17(13)24-20(27)16-10-14(21)11-18-19(16)23-12-22-18/h3-4,9-12H,5-8H2,1-2H3,(H,22,23)(H,24,27). The molecular weight excluding hydrogens is 345 g/mol. The summed E-state index contributed by atoms with van der Waals surface area (Å²) in [5.74, 6) is -0.846. The third-order valence-electron chi connectivity index (χ3n) is 5.06. The van der Waals surface area contributed by atoms with Crippen molar-refractivity contribution < 1.29 is 9.18 Å². The molecular formula is C20H22FN5O. The van der Waals surface area contributed by atoms with Crippen molar-refractivity contribution in [1.82, 2.24) is 14.9 Å². The normalized spacial score (nSPS) is 15.3. The summed E-state index contributed by atoms with van der Waals surface area (Å²) in [5, 5.41) is 2.89. The van der Waals surface area contributed by atoms with Gasteiger partial charge in [-0.05, 0) is 49.9 Å². The molecule has 1 amide bonds. The maximum absolute atomic E-state index is 13.8. The highest BCUT2D eigenvalue weighted by atomic mass is 19.1. The van der Waals surface area contributed by atoms with Gasteiger partial charge in [0.1, 0.15) is 11.3 Å².